The lowest BCUT2D eigenvalue weighted by Gasteiger charge is -2.43. The third kappa shape index (κ3) is 1.74. The lowest BCUT2D eigenvalue weighted by atomic mass is 9.95. The van der Waals surface area contributed by atoms with Gasteiger partial charge in [-0.25, -0.2) is 0 Å². The smallest absolute Gasteiger partial charge is 0.245 e. The quantitative estimate of drug-likeness (QED) is 0.214. The number of hydrogen-bond acceptors (Lipinski definition) is 8. The molecule has 7 N–H and O–H groups in total. The average molecular weight is 212 g/mol. The molecular formula is C6H12O8. The summed E-state index contributed by atoms with van der Waals surface area (Å²) < 4.78 is 4.29. The number of aliphatic hydroxyl groups excluding tert-OH is 4. The first-order valence-electron chi connectivity index (χ1n) is 3.79. The molecular weight excluding hydrogens is 200 g/mol. The molecule has 0 aliphatic carbocycles. The van der Waals surface area contributed by atoms with Gasteiger partial charge in [0.05, 0.1) is 0 Å². The van der Waals surface area contributed by atoms with Crippen molar-refractivity contribution in [1.29, 1.82) is 0 Å². The highest BCUT2D eigenvalue weighted by atomic mass is 16.7. The summed E-state index contributed by atoms with van der Waals surface area (Å²) in [5.74, 6) is -3.05. The molecule has 14 heavy (non-hydrogen) atoms. The van der Waals surface area contributed by atoms with Crippen molar-refractivity contribution in [1.82, 2.24) is 0 Å². The molecule has 1 fully saturated rings. The normalized spacial score (nSPS) is 42.9. The summed E-state index contributed by atoms with van der Waals surface area (Å²) in [6.45, 7) is 0. The van der Waals surface area contributed by atoms with Crippen LogP contribution >= 0.6 is 0 Å². The summed E-state index contributed by atoms with van der Waals surface area (Å²) in [6.07, 6.45) is -10.2. The molecule has 0 radical (unpaired) electrons. The molecule has 1 rings (SSSR count). The van der Waals surface area contributed by atoms with Gasteiger partial charge in [-0.05, 0) is 0 Å². The molecule has 0 bridgehead atoms. The maximum Gasteiger partial charge on any atom is 0.245 e. The van der Waals surface area contributed by atoms with Crippen LogP contribution in [-0.4, -0.2) is 72.4 Å². The van der Waals surface area contributed by atoms with E-state index in [2.05, 4.69) is 4.74 Å². The molecule has 0 amide bonds. The van der Waals surface area contributed by atoms with E-state index in [-0.39, 0.29) is 0 Å². The SMILES string of the molecule is OC(O)[C@H]1OC(O)C(O)(O)[C@H](O)[C@@H]1O. The van der Waals surface area contributed by atoms with E-state index in [1.165, 1.54) is 0 Å². The molecule has 0 aromatic heterocycles. The van der Waals surface area contributed by atoms with Crippen LogP contribution in [0.3, 0.4) is 0 Å². The molecule has 1 aliphatic heterocycles. The topological polar surface area (TPSA) is 151 Å². The first kappa shape index (κ1) is 11.8. The summed E-state index contributed by atoms with van der Waals surface area (Å²) in [7, 11) is 0. The average Bonchev–Trinajstić information content (AvgIpc) is 2.08. The van der Waals surface area contributed by atoms with E-state index < -0.39 is 36.7 Å². The van der Waals surface area contributed by atoms with E-state index in [9.17, 15) is 0 Å². The van der Waals surface area contributed by atoms with Crippen molar-refractivity contribution in [2.75, 3.05) is 0 Å². The molecule has 1 heterocycles. The summed E-state index contributed by atoms with van der Waals surface area (Å²) in [5, 5.41) is 62.4. The maximum atomic E-state index is 9.14. The van der Waals surface area contributed by atoms with Gasteiger partial charge in [0.1, 0.15) is 18.3 Å². The summed E-state index contributed by atoms with van der Waals surface area (Å²) in [4.78, 5) is 0. The predicted molar refractivity (Wildman–Crippen MR) is 38.3 cm³/mol. The summed E-state index contributed by atoms with van der Waals surface area (Å²) >= 11 is 0. The third-order valence-corrected chi connectivity index (χ3v) is 2.04. The Hall–Kier alpha value is -0.320. The van der Waals surface area contributed by atoms with Crippen LogP contribution in [0.25, 0.3) is 0 Å². The van der Waals surface area contributed by atoms with Crippen molar-refractivity contribution in [2.24, 2.45) is 0 Å². The molecule has 0 saturated carbocycles. The van der Waals surface area contributed by atoms with Crippen LogP contribution in [0.5, 0.6) is 0 Å². The van der Waals surface area contributed by atoms with Crippen LogP contribution in [0.15, 0.2) is 0 Å². The van der Waals surface area contributed by atoms with Crippen molar-refractivity contribution >= 4 is 0 Å². The Balaban J connectivity index is 2.84. The minimum Gasteiger partial charge on any atom is -0.387 e. The van der Waals surface area contributed by atoms with E-state index in [0.717, 1.165) is 0 Å². The first-order chi connectivity index (χ1) is 6.28. The monoisotopic (exact) mass is 212 g/mol. The van der Waals surface area contributed by atoms with E-state index in [1.54, 1.807) is 0 Å². The Labute approximate surface area is 78.2 Å². The second-order valence-corrected chi connectivity index (χ2v) is 3.09. The Morgan fingerprint density at radius 2 is 1.57 bits per heavy atom. The molecule has 8 nitrogen and oxygen atoms in total. The van der Waals surface area contributed by atoms with Gasteiger partial charge >= 0.3 is 0 Å². The Kier molecular flexibility index (Phi) is 3.09. The number of ether oxygens (including phenoxy) is 1. The van der Waals surface area contributed by atoms with Crippen LogP contribution < -0.4 is 0 Å². The van der Waals surface area contributed by atoms with E-state index in [4.69, 9.17) is 35.7 Å². The second kappa shape index (κ2) is 3.68. The zero-order valence-corrected chi connectivity index (χ0v) is 6.93. The van der Waals surface area contributed by atoms with E-state index in [1.807, 2.05) is 0 Å². The lowest BCUT2D eigenvalue weighted by molar-refractivity contribution is -0.408. The standard InChI is InChI=1S/C6H12O8/c7-1-2(4(9)10)14-5(11)6(12,13)3(1)8/h1-5,7-13H/t1-,2+,3-,5?/m1/s1. The van der Waals surface area contributed by atoms with Crippen molar-refractivity contribution in [3.8, 4) is 0 Å². The number of rotatable bonds is 1. The molecule has 0 aromatic rings. The first-order valence-corrected chi connectivity index (χ1v) is 3.79. The molecule has 1 aliphatic rings. The van der Waals surface area contributed by atoms with Crippen LogP contribution in [0, 0.1) is 0 Å². The lowest BCUT2D eigenvalue weighted by Crippen LogP contribution is -2.67. The van der Waals surface area contributed by atoms with Crippen molar-refractivity contribution in [3.63, 3.8) is 0 Å². The zero-order valence-electron chi connectivity index (χ0n) is 6.93. The summed E-state index contributed by atoms with van der Waals surface area (Å²) in [5.41, 5.74) is 0. The van der Waals surface area contributed by atoms with Crippen molar-refractivity contribution in [3.05, 3.63) is 0 Å². The van der Waals surface area contributed by atoms with E-state index in [0.29, 0.717) is 0 Å². The fourth-order valence-electron chi connectivity index (χ4n) is 1.15. The third-order valence-electron chi connectivity index (χ3n) is 2.04. The van der Waals surface area contributed by atoms with Crippen LogP contribution in [0.1, 0.15) is 0 Å². The van der Waals surface area contributed by atoms with Gasteiger partial charge in [0, 0.05) is 0 Å². The van der Waals surface area contributed by atoms with E-state index >= 15 is 0 Å². The molecule has 0 spiro atoms. The van der Waals surface area contributed by atoms with Gasteiger partial charge in [-0.1, -0.05) is 0 Å². The molecule has 8 heteroatoms. The fourth-order valence-corrected chi connectivity index (χ4v) is 1.15. The van der Waals surface area contributed by atoms with Gasteiger partial charge in [0.15, 0.2) is 6.29 Å². The van der Waals surface area contributed by atoms with Gasteiger partial charge < -0.3 is 40.5 Å². The Bertz CT molecular complexity index is 202. The van der Waals surface area contributed by atoms with Crippen molar-refractivity contribution in [2.45, 2.75) is 36.7 Å². The van der Waals surface area contributed by atoms with Gasteiger partial charge in [-0.15, -0.1) is 0 Å². The second-order valence-electron chi connectivity index (χ2n) is 3.09. The summed E-state index contributed by atoms with van der Waals surface area (Å²) in [6, 6.07) is 0. The Morgan fingerprint density at radius 3 is 2.00 bits per heavy atom. The zero-order chi connectivity index (χ0) is 11.1. The largest absolute Gasteiger partial charge is 0.387 e. The van der Waals surface area contributed by atoms with Gasteiger partial charge in [0.25, 0.3) is 0 Å². The molecule has 84 valence electrons. The number of aliphatic hydroxyl groups is 7. The Morgan fingerprint density at radius 1 is 1.07 bits per heavy atom. The molecule has 0 aromatic carbocycles. The highest BCUT2D eigenvalue weighted by Crippen LogP contribution is 2.27. The highest BCUT2D eigenvalue weighted by Gasteiger charge is 2.55. The molecule has 1 saturated heterocycles. The highest BCUT2D eigenvalue weighted by molar-refractivity contribution is 4.93. The fraction of sp³-hybridized carbons (Fsp3) is 1.00. The van der Waals surface area contributed by atoms with Gasteiger partial charge in [-0.2, -0.15) is 0 Å². The molecule has 1 unspecified atom stereocenters. The minimum atomic E-state index is -3.05. The van der Waals surface area contributed by atoms with Gasteiger partial charge in [-0.3, -0.25) is 0 Å². The van der Waals surface area contributed by atoms with Crippen LogP contribution in [0.2, 0.25) is 0 Å². The molecule has 4 atom stereocenters. The van der Waals surface area contributed by atoms with Gasteiger partial charge in [0.2, 0.25) is 12.1 Å². The van der Waals surface area contributed by atoms with Crippen LogP contribution in [0.4, 0.5) is 0 Å². The maximum absolute atomic E-state index is 9.14. The van der Waals surface area contributed by atoms with Crippen LogP contribution in [-0.2, 0) is 4.74 Å². The van der Waals surface area contributed by atoms with Crippen molar-refractivity contribution < 1.29 is 40.5 Å². The predicted octanol–water partition coefficient (Wildman–Crippen LogP) is -4.58. The minimum absolute atomic E-state index is 1.72. The number of hydrogen-bond donors (Lipinski definition) is 7.